The zero-order valence-electron chi connectivity index (χ0n) is 13.7. The molecule has 1 aromatic heterocycles. The number of pyridine rings is 1. The molecule has 0 aliphatic heterocycles. The normalized spacial score (nSPS) is 10.7. The Balaban J connectivity index is 1.92. The molecule has 7 heteroatoms. The minimum Gasteiger partial charge on any atom is -0.493 e. The highest BCUT2D eigenvalue weighted by Gasteiger charge is 2.10. The van der Waals surface area contributed by atoms with Gasteiger partial charge in [-0.25, -0.2) is 8.78 Å². The number of aromatic nitrogens is 1. The van der Waals surface area contributed by atoms with Crippen LogP contribution in [0.2, 0.25) is 0 Å². The first-order valence-electron chi connectivity index (χ1n) is 7.48. The van der Waals surface area contributed by atoms with Gasteiger partial charge in [-0.2, -0.15) is 0 Å². The van der Waals surface area contributed by atoms with Gasteiger partial charge in [0.2, 0.25) is 0 Å². The number of fused-ring (bicyclic) bond motifs is 1. The Morgan fingerprint density at radius 1 is 1.00 bits per heavy atom. The summed E-state index contributed by atoms with van der Waals surface area (Å²) in [5.74, 6) is -0.815. The van der Waals surface area contributed by atoms with E-state index in [0.717, 1.165) is 17.5 Å². The van der Waals surface area contributed by atoms with E-state index in [2.05, 4.69) is 10.3 Å². The third kappa shape index (κ3) is 3.40. The minimum atomic E-state index is -0.950. The molecule has 0 fully saturated rings. The average molecular weight is 346 g/mol. The number of aromatic amines is 1. The number of hydrogen-bond acceptors (Lipinski definition) is 4. The van der Waals surface area contributed by atoms with Gasteiger partial charge >= 0.3 is 0 Å². The van der Waals surface area contributed by atoms with Crippen molar-refractivity contribution in [2.24, 2.45) is 0 Å². The monoisotopic (exact) mass is 346 g/mol. The molecule has 5 nitrogen and oxygen atoms in total. The fourth-order valence-corrected chi connectivity index (χ4v) is 2.51. The lowest BCUT2D eigenvalue weighted by atomic mass is 10.1. The highest BCUT2D eigenvalue weighted by molar-refractivity contribution is 5.83. The second-order valence-electron chi connectivity index (χ2n) is 5.40. The molecule has 0 saturated carbocycles. The SMILES string of the molecule is COc1cc2cc(CNc3ccc(F)c(F)c3)c(=O)[nH]c2cc1OC. The van der Waals surface area contributed by atoms with Crippen LogP contribution in [0.4, 0.5) is 14.5 Å². The summed E-state index contributed by atoms with van der Waals surface area (Å²) in [6, 6.07) is 8.62. The molecule has 0 radical (unpaired) electrons. The van der Waals surface area contributed by atoms with Crippen LogP contribution in [0.5, 0.6) is 11.5 Å². The molecule has 0 spiro atoms. The zero-order valence-corrected chi connectivity index (χ0v) is 13.7. The lowest BCUT2D eigenvalue weighted by Gasteiger charge is -2.11. The predicted molar refractivity (Wildman–Crippen MR) is 91.4 cm³/mol. The van der Waals surface area contributed by atoms with E-state index in [9.17, 15) is 13.6 Å². The van der Waals surface area contributed by atoms with Crippen LogP contribution in [0.15, 0.2) is 41.2 Å². The van der Waals surface area contributed by atoms with Crippen LogP contribution in [0, 0.1) is 11.6 Å². The van der Waals surface area contributed by atoms with Crippen molar-refractivity contribution in [3.63, 3.8) is 0 Å². The first kappa shape index (κ1) is 16.8. The van der Waals surface area contributed by atoms with E-state index in [1.54, 1.807) is 18.2 Å². The summed E-state index contributed by atoms with van der Waals surface area (Å²) in [5, 5.41) is 3.67. The van der Waals surface area contributed by atoms with Crippen LogP contribution in [-0.4, -0.2) is 19.2 Å². The van der Waals surface area contributed by atoms with E-state index in [0.29, 0.717) is 28.3 Å². The first-order chi connectivity index (χ1) is 12.0. The van der Waals surface area contributed by atoms with Crippen molar-refractivity contribution in [1.29, 1.82) is 0 Å². The van der Waals surface area contributed by atoms with E-state index in [1.165, 1.54) is 20.3 Å². The van der Waals surface area contributed by atoms with Crippen LogP contribution < -0.4 is 20.3 Å². The molecule has 0 amide bonds. The van der Waals surface area contributed by atoms with Gasteiger partial charge in [-0.3, -0.25) is 4.79 Å². The number of H-pyrrole nitrogens is 1. The van der Waals surface area contributed by atoms with Crippen molar-refractivity contribution in [2.45, 2.75) is 6.54 Å². The van der Waals surface area contributed by atoms with Gasteiger partial charge in [0.1, 0.15) is 0 Å². The lowest BCUT2D eigenvalue weighted by Crippen LogP contribution is -2.15. The van der Waals surface area contributed by atoms with Gasteiger partial charge < -0.3 is 19.8 Å². The number of halogens is 2. The smallest absolute Gasteiger partial charge is 0.253 e. The maximum absolute atomic E-state index is 13.2. The third-order valence-corrected chi connectivity index (χ3v) is 3.83. The molecule has 0 aliphatic carbocycles. The van der Waals surface area contributed by atoms with Crippen molar-refractivity contribution in [1.82, 2.24) is 4.98 Å². The maximum Gasteiger partial charge on any atom is 0.253 e. The van der Waals surface area contributed by atoms with Gasteiger partial charge in [-0.05, 0) is 24.3 Å². The van der Waals surface area contributed by atoms with Crippen LogP contribution >= 0.6 is 0 Å². The molecule has 0 bridgehead atoms. The number of benzene rings is 2. The first-order valence-corrected chi connectivity index (χ1v) is 7.48. The van der Waals surface area contributed by atoms with Crippen molar-refractivity contribution in [2.75, 3.05) is 19.5 Å². The average Bonchev–Trinajstić information content (AvgIpc) is 2.61. The molecule has 0 unspecified atom stereocenters. The number of anilines is 1. The highest BCUT2D eigenvalue weighted by Crippen LogP contribution is 2.31. The van der Waals surface area contributed by atoms with Gasteiger partial charge in [0.15, 0.2) is 23.1 Å². The summed E-state index contributed by atoms with van der Waals surface area (Å²) >= 11 is 0. The number of rotatable bonds is 5. The Labute approximate surface area is 142 Å². The molecule has 25 heavy (non-hydrogen) atoms. The van der Waals surface area contributed by atoms with E-state index in [1.807, 2.05) is 0 Å². The van der Waals surface area contributed by atoms with Gasteiger partial charge in [-0.1, -0.05) is 0 Å². The Bertz CT molecular complexity index is 986. The summed E-state index contributed by atoms with van der Waals surface area (Å²) in [7, 11) is 3.04. The van der Waals surface area contributed by atoms with E-state index in [4.69, 9.17) is 9.47 Å². The lowest BCUT2D eigenvalue weighted by molar-refractivity contribution is 0.356. The molecule has 2 N–H and O–H groups in total. The summed E-state index contributed by atoms with van der Waals surface area (Å²) in [4.78, 5) is 15.0. The second kappa shape index (κ2) is 6.80. The standard InChI is InChI=1S/C18H16F2N2O3/c1-24-16-6-10-5-11(18(23)22-15(10)8-17(16)25-2)9-21-12-3-4-13(19)14(20)7-12/h3-8,21H,9H2,1-2H3,(H,22,23). The molecule has 2 aromatic carbocycles. The summed E-state index contributed by atoms with van der Waals surface area (Å²) in [6.07, 6.45) is 0. The van der Waals surface area contributed by atoms with Gasteiger partial charge in [0.05, 0.1) is 19.7 Å². The van der Waals surface area contributed by atoms with Crippen LogP contribution in [0.1, 0.15) is 5.56 Å². The summed E-state index contributed by atoms with van der Waals surface area (Å²) < 4.78 is 36.7. The quantitative estimate of drug-likeness (QED) is 0.743. The van der Waals surface area contributed by atoms with Gasteiger partial charge in [0.25, 0.3) is 5.56 Å². The van der Waals surface area contributed by atoms with Crippen LogP contribution in [-0.2, 0) is 6.54 Å². The molecule has 0 saturated heterocycles. The van der Waals surface area contributed by atoms with Crippen molar-refractivity contribution in [3.8, 4) is 11.5 Å². The Morgan fingerprint density at radius 3 is 2.40 bits per heavy atom. The van der Waals surface area contributed by atoms with Crippen molar-refractivity contribution in [3.05, 3.63) is 63.9 Å². The molecular formula is C18H16F2N2O3. The van der Waals surface area contributed by atoms with E-state index in [-0.39, 0.29) is 12.1 Å². The summed E-state index contributed by atoms with van der Waals surface area (Å²) in [5.41, 5.74) is 1.16. The highest BCUT2D eigenvalue weighted by atomic mass is 19.2. The molecule has 0 aliphatic rings. The van der Waals surface area contributed by atoms with Gasteiger partial charge in [0, 0.05) is 35.3 Å². The Morgan fingerprint density at radius 2 is 1.72 bits per heavy atom. The molecule has 0 atom stereocenters. The largest absolute Gasteiger partial charge is 0.493 e. The Kier molecular flexibility index (Phi) is 4.56. The number of nitrogens with one attached hydrogen (secondary N) is 2. The molecular weight excluding hydrogens is 330 g/mol. The molecule has 3 aromatic rings. The Hall–Kier alpha value is -3.09. The fourth-order valence-electron chi connectivity index (χ4n) is 2.51. The van der Waals surface area contributed by atoms with E-state index < -0.39 is 11.6 Å². The fraction of sp³-hybridized carbons (Fsp3) is 0.167. The third-order valence-electron chi connectivity index (χ3n) is 3.83. The second-order valence-corrected chi connectivity index (χ2v) is 5.40. The number of hydrogen-bond donors (Lipinski definition) is 2. The number of ether oxygens (including phenoxy) is 2. The zero-order chi connectivity index (χ0) is 18.0. The molecule has 1 heterocycles. The summed E-state index contributed by atoms with van der Waals surface area (Å²) in [6.45, 7) is 0.157. The van der Waals surface area contributed by atoms with E-state index >= 15 is 0 Å². The number of methoxy groups -OCH3 is 2. The van der Waals surface area contributed by atoms with Crippen molar-refractivity contribution < 1.29 is 18.3 Å². The van der Waals surface area contributed by atoms with Crippen LogP contribution in [0.3, 0.4) is 0 Å². The van der Waals surface area contributed by atoms with Crippen LogP contribution in [0.25, 0.3) is 10.9 Å². The molecule has 3 rings (SSSR count). The maximum atomic E-state index is 13.2. The minimum absolute atomic E-state index is 0.157. The topological polar surface area (TPSA) is 63.3 Å². The van der Waals surface area contributed by atoms with Crippen molar-refractivity contribution >= 4 is 16.6 Å². The van der Waals surface area contributed by atoms with Gasteiger partial charge in [-0.15, -0.1) is 0 Å². The molecule has 130 valence electrons. The predicted octanol–water partition coefficient (Wildman–Crippen LogP) is 3.44.